The van der Waals surface area contributed by atoms with E-state index in [1.807, 2.05) is 0 Å². The van der Waals surface area contributed by atoms with Crippen LogP contribution in [0.2, 0.25) is 0 Å². The number of halogens is 6. The van der Waals surface area contributed by atoms with Crippen molar-refractivity contribution in [2.24, 2.45) is 0 Å². The number of thioether (sulfide) groups is 1. The molecule has 0 heterocycles. The van der Waals surface area contributed by atoms with Crippen LogP contribution in [0.3, 0.4) is 0 Å². The van der Waals surface area contributed by atoms with E-state index in [9.17, 15) is 31.1 Å². The summed E-state index contributed by atoms with van der Waals surface area (Å²) < 4.78 is 73.6. The molecular formula is C12H11F6NOS. The number of amides is 1. The molecular weight excluding hydrogens is 320 g/mol. The lowest BCUT2D eigenvalue weighted by Gasteiger charge is -2.12. The van der Waals surface area contributed by atoms with E-state index in [0.717, 1.165) is 18.2 Å². The van der Waals surface area contributed by atoms with E-state index >= 15 is 0 Å². The second kappa shape index (κ2) is 7.06. The summed E-state index contributed by atoms with van der Waals surface area (Å²) in [6, 6.07) is 4.22. The van der Waals surface area contributed by atoms with Crippen molar-refractivity contribution >= 4 is 17.7 Å². The Morgan fingerprint density at radius 2 is 1.71 bits per heavy atom. The molecule has 0 radical (unpaired) electrons. The van der Waals surface area contributed by atoms with E-state index in [0.29, 0.717) is 11.8 Å². The fourth-order valence-electron chi connectivity index (χ4n) is 1.45. The summed E-state index contributed by atoms with van der Waals surface area (Å²) in [6.45, 7) is -0.147. The molecule has 0 spiro atoms. The van der Waals surface area contributed by atoms with E-state index in [4.69, 9.17) is 0 Å². The Kier molecular flexibility index (Phi) is 5.94. The van der Waals surface area contributed by atoms with E-state index in [2.05, 4.69) is 5.32 Å². The van der Waals surface area contributed by atoms with Crippen LogP contribution in [-0.4, -0.2) is 30.1 Å². The normalized spacial score (nSPS) is 12.3. The van der Waals surface area contributed by atoms with Crippen LogP contribution in [0.25, 0.3) is 0 Å². The molecule has 1 aromatic carbocycles. The molecule has 0 unspecified atom stereocenters. The summed E-state index contributed by atoms with van der Waals surface area (Å²) in [5.74, 6) is -2.07. The van der Waals surface area contributed by atoms with Crippen LogP contribution in [0.15, 0.2) is 24.3 Å². The molecule has 1 amide bonds. The van der Waals surface area contributed by atoms with Gasteiger partial charge in [0, 0.05) is 12.3 Å². The van der Waals surface area contributed by atoms with Gasteiger partial charge in [0.1, 0.15) is 0 Å². The molecule has 2 nitrogen and oxygen atoms in total. The van der Waals surface area contributed by atoms with Gasteiger partial charge >= 0.3 is 12.4 Å². The second-order valence-corrected chi connectivity index (χ2v) is 5.07. The van der Waals surface area contributed by atoms with Crippen molar-refractivity contribution in [1.29, 1.82) is 0 Å². The summed E-state index contributed by atoms with van der Waals surface area (Å²) >= 11 is 0.545. The molecule has 0 aromatic heterocycles. The number of nitrogens with one attached hydrogen (secondary N) is 1. The monoisotopic (exact) mass is 331 g/mol. The number of carbonyl (C=O) groups excluding carboxylic acids is 1. The molecule has 0 aliphatic carbocycles. The molecule has 0 saturated heterocycles. The van der Waals surface area contributed by atoms with Crippen LogP contribution in [0.1, 0.15) is 15.9 Å². The van der Waals surface area contributed by atoms with Gasteiger partial charge < -0.3 is 5.32 Å². The molecule has 0 saturated carbocycles. The molecule has 0 atom stereocenters. The van der Waals surface area contributed by atoms with E-state index in [-0.39, 0.29) is 12.3 Å². The maximum Gasteiger partial charge on any atom is 0.417 e. The Hall–Kier alpha value is -1.38. The number of carbonyl (C=O) groups is 1. The number of hydrogen-bond donors (Lipinski definition) is 1. The highest BCUT2D eigenvalue weighted by Crippen LogP contribution is 2.31. The van der Waals surface area contributed by atoms with Gasteiger partial charge in [-0.1, -0.05) is 12.1 Å². The highest BCUT2D eigenvalue weighted by Gasteiger charge is 2.34. The highest BCUT2D eigenvalue weighted by molar-refractivity contribution is 7.99. The van der Waals surface area contributed by atoms with Crippen LogP contribution in [0.4, 0.5) is 26.3 Å². The third-order valence-electron chi connectivity index (χ3n) is 2.27. The van der Waals surface area contributed by atoms with Gasteiger partial charge in [-0.15, -0.1) is 0 Å². The largest absolute Gasteiger partial charge is 0.417 e. The second-order valence-electron chi connectivity index (χ2n) is 3.97. The Labute approximate surface area is 120 Å². The minimum absolute atomic E-state index is 0.0422. The van der Waals surface area contributed by atoms with Crippen LogP contribution < -0.4 is 5.32 Å². The Morgan fingerprint density at radius 1 is 1.10 bits per heavy atom. The van der Waals surface area contributed by atoms with Crippen LogP contribution >= 0.6 is 11.8 Å². The lowest BCUT2D eigenvalue weighted by molar-refractivity contribution is -0.138. The van der Waals surface area contributed by atoms with Crippen LogP contribution in [0.5, 0.6) is 0 Å². The predicted molar refractivity (Wildman–Crippen MR) is 67.2 cm³/mol. The van der Waals surface area contributed by atoms with Gasteiger partial charge in [0.25, 0.3) is 5.91 Å². The van der Waals surface area contributed by atoms with Gasteiger partial charge in [0.15, 0.2) is 0 Å². The molecule has 0 aliphatic heterocycles. The van der Waals surface area contributed by atoms with Gasteiger partial charge in [-0.2, -0.15) is 38.1 Å². The lowest BCUT2D eigenvalue weighted by atomic mass is 10.1. The summed E-state index contributed by atoms with van der Waals surface area (Å²) in [7, 11) is 0. The van der Waals surface area contributed by atoms with Gasteiger partial charge in [-0.05, 0) is 12.1 Å². The van der Waals surface area contributed by atoms with Crippen LogP contribution in [0, 0.1) is 0 Å². The van der Waals surface area contributed by atoms with Crippen molar-refractivity contribution in [2.75, 3.05) is 18.1 Å². The third kappa shape index (κ3) is 6.28. The van der Waals surface area contributed by atoms with Gasteiger partial charge in [0.05, 0.1) is 16.9 Å². The quantitative estimate of drug-likeness (QED) is 0.658. The first-order chi connectivity index (χ1) is 9.61. The van der Waals surface area contributed by atoms with Gasteiger partial charge in [-0.25, -0.2) is 0 Å². The molecule has 0 bridgehead atoms. The molecule has 1 N–H and O–H groups in total. The molecule has 21 heavy (non-hydrogen) atoms. The molecule has 0 aliphatic rings. The Balaban J connectivity index is 2.54. The molecule has 1 rings (SSSR count). The average molecular weight is 331 g/mol. The lowest BCUT2D eigenvalue weighted by Crippen LogP contribution is -2.28. The zero-order valence-electron chi connectivity index (χ0n) is 10.5. The first-order valence-electron chi connectivity index (χ1n) is 5.70. The minimum Gasteiger partial charge on any atom is -0.351 e. The predicted octanol–water partition coefficient (Wildman–Crippen LogP) is 3.73. The van der Waals surface area contributed by atoms with Gasteiger partial charge in [-0.3, -0.25) is 4.79 Å². The molecule has 118 valence electrons. The smallest absolute Gasteiger partial charge is 0.351 e. The fraction of sp³-hybridized carbons (Fsp3) is 0.417. The Bertz CT molecular complexity index is 485. The highest BCUT2D eigenvalue weighted by atomic mass is 32.2. The number of rotatable bonds is 5. The fourth-order valence-corrected chi connectivity index (χ4v) is 2.07. The zero-order chi connectivity index (χ0) is 16.1. The number of alkyl halides is 6. The maximum absolute atomic E-state index is 12.7. The van der Waals surface area contributed by atoms with Crippen molar-refractivity contribution in [3.8, 4) is 0 Å². The summed E-state index contributed by atoms with van der Waals surface area (Å²) in [6.07, 6.45) is -8.98. The zero-order valence-corrected chi connectivity index (χ0v) is 11.3. The maximum atomic E-state index is 12.7. The van der Waals surface area contributed by atoms with E-state index < -0.39 is 35.1 Å². The van der Waals surface area contributed by atoms with Crippen molar-refractivity contribution < 1.29 is 31.1 Å². The van der Waals surface area contributed by atoms with E-state index in [1.165, 1.54) is 6.07 Å². The van der Waals surface area contributed by atoms with Crippen molar-refractivity contribution in [2.45, 2.75) is 12.4 Å². The first kappa shape index (κ1) is 17.7. The summed E-state index contributed by atoms with van der Waals surface area (Å²) in [5, 5.41) is 2.17. The minimum atomic E-state index is -4.67. The van der Waals surface area contributed by atoms with Gasteiger partial charge in [0.2, 0.25) is 0 Å². The van der Waals surface area contributed by atoms with E-state index in [1.54, 1.807) is 0 Å². The molecule has 9 heteroatoms. The van der Waals surface area contributed by atoms with Crippen molar-refractivity contribution in [1.82, 2.24) is 5.32 Å². The third-order valence-corrected chi connectivity index (χ3v) is 3.30. The standard InChI is InChI=1S/C12H11F6NOS/c13-11(14,15)7-21-6-5-19-10(20)8-3-1-2-4-9(8)12(16,17)18/h1-4H,5-7H2,(H,19,20). The van der Waals surface area contributed by atoms with Crippen LogP contribution in [-0.2, 0) is 6.18 Å². The van der Waals surface area contributed by atoms with Crippen molar-refractivity contribution in [3.63, 3.8) is 0 Å². The summed E-state index contributed by atoms with van der Waals surface area (Å²) in [4.78, 5) is 11.6. The SMILES string of the molecule is O=C(NCCSCC(F)(F)F)c1ccccc1C(F)(F)F. The number of benzene rings is 1. The molecule has 1 aromatic rings. The first-order valence-corrected chi connectivity index (χ1v) is 6.85. The average Bonchev–Trinajstić information content (AvgIpc) is 2.35. The summed E-state index contributed by atoms with van der Waals surface area (Å²) in [5.41, 5.74) is -1.63. The Morgan fingerprint density at radius 3 is 2.29 bits per heavy atom. The number of hydrogen-bond acceptors (Lipinski definition) is 2. The molecule has 0 fully saturated rings. The topological polar surface area (TPSA) is 29.1 Å². The van der Waals surface area contributed by atoms with Crippen molar-refractivity contribution in [3.05, 3.63) is 35.4 Å².